The molecule has 0 bridgehead atoms. The van der Waals surface area contributed by atoms with Crippen LogP contribution in [0, 0.1) is 6.92 Å². The van der Waals surface area contributed by atoms with Crippen LogP contribution in [0.3, 0.4) is 0 Å². The summed E-state index contributed by atoms with van der Waals surface area (Å²) in [5, 5.41) is 9.35. The number of carboxylic acids is 1. The zero-order chi connectivity index (χ0) is 19.1. The first kappa shape index (κ1) is 18.5. The average Bonchev–Trinajstić information content (AvgIpc) is 2.68. The number of carboxylic acid groups (broad SMARTS) is 1. The van der Waals surface area contributed by atoms with E-state index >= 15 is 0 Å². The molecule has 0 aliphatic carbocycles. The van der Waals surface area contributed by atoms with Crippen molar-refractivity contribution in [2.24, 2.45) is 0 Å². The van der Waals surface area contributed by atoms with Crippen molar-refractivity contribution in [3.05, 3.63) is 95.1 Å². The fourth-order valence-electron chi connectivity index (χ4n) is 2.77. The van der Waals surface area contributed by atoms with Crippen LogP contribution in [0.1, 0.15) is 27.0 Å². The van der Waals surface area contributed by atoms with E-state index in [4.69, 9.17) is 9.47 Å². The summed E-state index contributed by atoms with van der Waals surface area (Å²) in [6, 6.07) is 22.6. The lowest BCUT2D eigenvalue weighted by Gasteiger charge is -2.12. The number of rotatable bonds is 8. The first-order valence-corrected chi connectivity index (χ1v) is 8.84. The highest BCUT2D eigenvalue weighted by molar-refractivity contribution is 5.88. The van der Waals surface area contributed by atoms with E-state index in [9.17, 15) is 9.90 Å². The maximum absolute atomic E-state index is 11.4. The zero-order valence-corrected chi connectivity index (χ0v) is 15.2. The maximum Gasteiger partial charge on any atom is 0.335 e. The summed E-state index contributed by atoms with van der Waals surface area (Å²) in [5.41, 5.74) is 3.59. The lowest BCUT2D eigenvalue weighted by Crippen LogP contribution is -2.05. The molecule has 1 N–H and O–H groups in total. The molecule has 0 spiro atoms. The maximum atomic E-state index is 11.4. The van der Waals surface area contributed by atoms with Crippen molar-refractivity contribution in [3.63, 3.8) is 0 Å². The second kappa shape index (κ2) is 8.90. The summed E-state index contributed by atoms with van der Waals surface area (Å²) in [6.07, 6.45) is 0.754. The third kappa shape index (κ3) is 5.35. The first-order valence-electron chi connectivity index (χ1n) is 8.84. The smallest absolute Gasteiger partial charge is 0.335 e. The Morgan fingerprint density at radius 2 is 1.56 bits per heavy atom. The second-order valence-electron chi connectivity index (χ2n) is 6.30. The van der Waals surface area contributed by atoms with E-state index in [0.29, 0.717) is 24.7 Å². The van der Waals surface area contributed by atoms with E-state index in [-0.39, 0.29) is 5.56 Å². The number of aromatic carboxylic acids is 1. The van der Waals surface area contributed by atoms with E-state index in [2.05, 4.69) is 19.1 Å². The molecule has 4 nitrogen and oxygen atoms in total. The van der Waals surface area contributed by atoms with Crippen LogP contribution < -0.4 is 9.47 Å². The number of carbonyl (C=O) groups is 1. The minimum atomic E-state index is -1.01. The monoisotopic (exact) mass is 362 g/mol. The van der Waals surface area contributed by atoms with Crippen molar-refractivity contribution < 1.29 is 19.4 Å². The van der Waals surface area contributed by atoms with E-state index in [1.807, 2.05) is 42.5 Å². The van der Waals surface area contributed by atoms with Crippen LogP contribution in [0.4, 0.5) is 0 Å². The molecule has 4 heteroatoms. The number of aryl methyl sites for hydroxylation is 1. The summed E-state index contributed by atoms with van der Waals surface area (Å²) in [4.78, 5) is 11.4. The largest absolute Gasteiger partial charge is 0.493 e. The highest BCUT2D eigenvalue weighted by Gasteiger charge is 2.09. The molecule has 0 fully saturated rings. The normalized spacial score (nSPS) is 10.4. The molecule has 3 rings (SSSR count). The molecular formula is C23H22O4. The van der Waals surface area contributed by atoms with Gasteiger partial charge in [-0.2, -0.15) is 0 Å². The van der Waals surface area contributed by atoms with Gasteiger partial charge < -0.3 is 14.6 Å². The molecule has 0 atom stereocenters. The first-order chi connectivity index (χ1) is 13.1. The van der Waals surface area contributed by atoms with Gasteiger partial charge in [-0.3, -0.25) is 0 Å². The molecule has 0 aromatic heterocycles. The lowest BCUT2D eigenvalue weighted by atomic mass is 10.1. The van der Waals surface area contributed by atoms with Crippen molar-refractivity contribution in [1.29, 1.82) is 0 Å². The average molecular weight is 362 g/mol. The van der Waals surface area contributed by atoms with Gasteiger partial charge in [0.15, 0.2) is 0 Å². The van der Waals surface area contributed by atoms with Gasteiger partial charge in [0.05, 0.1) is 12.2 Å². The summed E-state index contributed by atoms with van der Waals surface area (Å²) < 4.78 is 11.6. The molecular weight excluding hydrogens is 340 g/mol. The van der Waals surface area contributed by atoms with Crippen molar-refractivity contribution in [2.75, 3.05) is 6.61 Å². The highest BCUT2D eigenvalue weighted by Crippen LogP contribution is 2.24. The van der Waals surface area contributed by atoms with Crippen LogP contribution in [0.15, 0.2) is 72.8 Å². The topological polar surface area (TPSA) is 55.8 Å². The third-order valence-corrected chi connectivity index (χ3v) is 4.28. The van der Waals surface area contributed by atoms with Crippen LogP contribution in [0.5, 0.6) is 11.5 Å². The Morgan fingerprint density at radius 1 is 0.889 bits per heavy atom. The number of hydrogen-bond donors (Lipinski definition) is 1. The number of hydrogen-bond acceptors (Lipinski definition) is 3. The molecule has 0 unspecified atom stereocenters. The summed E-state index contributed by atoms with van der Waals surface area (Å²) in [7, 11) is 0. The quantitative estimate of drug-likeness (QED) is 0.620. The van der Waals surface area contributed by atoms with Gasteiger partial charge in [-0.25, -0.2) is 4.79 Å². The Hall–Kier alpha value is -3.27. The Kier molecular flexibility index (Phi) is 6.10. The molecule has 0 aliphatic heterocycles. The fourth-order valence-corrected chi connectivity index (χ4v) is 2.77. The standard InChI is InChI=1S/C23H22O4/c1-17-7-5-6-10-19(17)11-12-26-21-13-20(23(24)25)14-22(15-21)27-16-18-8-3-2-4-9-18/h2-10,13-15H,11-12,16H2,1H3,(H,24,25). The van der Waals surface area contributed by atoms with E-state index in [0.717, 1.165) is 12.0 Å². The van der Waals surface area contributed by atoms with Crippen LogP contribution in [0.2, 0.25) is 0 Å². The lowest BCUT2D eigenvalue weighted by molar-refractivity contribution is 0.0695. The van der Waals surface area contributed by atoms with Gasteiger partial charge in [0.2, 0.25) is 0 Å². The number of ether oxygens (including phenoxy) is 2. The van der Waals surface area contributed by atoms with E-state index in [1.165, 1.54) is 23.3 Å². The fraction of sp³-hybridized carbons (Fsp3) is 0.174. The Labute approximate surface area is 159 Å². The molecule has 138 valence electrons. The van der Waals surface area contributed by atoms with Gasteiger partial charge in [0.1, 0.15) is 18.1 Å². The van der Waals surface area contributed by atoms with Crippen molar-refractivity contribution in [3.8, 4) is 11.5 Å². The van der Waals surface area contributed by atoms with Gasteiger partial charge >= 0.3 is 5.97 Å². The van der Waals surface area contributed by atoms with Crippen molar-refractivity contribution >= 4 is 5.97 Å². The molecule has 27 heavy (non-hydrogen) atoms. The Morgan fingerprint density at radius 3 is 2.26 bits per heavy atom. The third-order valence-electron chi connectivity index (χ3n) is 4.28. The zero-order valence-electron chi connectivity index (χ0n) is 15.2. The molecule has 0 saturated carbocycles. The van der Waals surface area contributed by atoms with Crippen LogP contribution in [-0.2, 0) is 13.0 Å². The SMILES string of the molecule is Cc1ccccc1CCOc1cc(OCc2ccccc2)cc(C(=O)O)c1. The summed E-state index contributed by atoms with van der Waals surface area (Å²) in [6.45, 7) is 2.90. The summed E-state index contributed by atoms with van der Waals surface area (Å²) in [5.74, 6) is -0.0416. The van der Waals surface area contributed by atoms with E-state index < -0.39 is 5.97 Å². The van der Waals surface area contributed by atoms with Gasteiger partial charge in [-0.15, -0.1) is 0 Å². The molecule has 0 saturated heterocycles. The van der Waals surface area contributed by atoms with Gasteiger partial charge in [-0.05, 0) is 35.7 Å². The number of benzene rings is 3. The van der Waals surface area contributed by atoms with Gasteiger partial charge in [-0.1, -0.05) is 54.6 Å². The Bertz CT molecular complexity index is 903. The predicted octanol–water partition coefficient (Wildman–Crippen LogP) is 4.89. The molecule has 0 aliphatic rings. The van der Waals surface area contributed by atoms with Crippen LogP contribution >= 0.6 is 0 Å². The molecule has 3 aromatic rings. The van der Waals surface area contributed by atoms with Crippen LogP contribution in [0.25, 0.3) is 0 Å². The summed E-state index contributed by atoms with van der Waals surface area (Å²) >= 11 is 0. The van der Waals surface area contributed by atoms with E-state index in [1.54, 1.807) is 6.07 Å². The molecule has 0 heterocycles. The molecule has 0 amide bonds. The highest BCUT2D eigenvalue weighted by atomic mass is 16.5. The predicted molar refractivity (Wildman–Crippen MR) is 105 cm³/mol. The molecule has 0 radical (unpaired) electrons. The minimum Gasteiger partial charge on any atom is -0.493 e. The van der Waals surface area contributed by atoms with Gasteiger partial charge in [0, 0.05) is 12.5 Å². The minimum absolute atomic E-state index is 0.145. The Balaban J connectivity index is 1.67. The van der Waals surface area contributed by atoms with Gasteiger partial charge in [0.25, 0.3) is 0 Å². The molecule has 3 aromatic carbocycles. The second-order valence-corrected chi connectivity index (χ2v) is 6.30. The van der Waals surface area contributed by atoms with Crippen molar-refractivity contribution in [2.45, 2.75) is 20.0 Å². The van der Waals surface area contributed by atoms with Crippen LogP contribution in [-0.4, -0.2) is 17.7 Å². The van der Waals surface area contributed by atoms with Crippen molar-refractivity contribution in [1.82, 2.24) is 0 Å².